The molecule has 0 N–H and O–H groups in total. The molecular weight excluding hydrogens is 344 g/mol. The zero-order valence-corrected chi connectivity index (χ0v) is 15.1. The van der Waals surface area contributed by atoms with Crippen LogP contribution in [0.1, 0.15) is 23.2 Å². The second-order valence-corrected chi connectivity index (χ2v) is 6.95. The monoisotopic (exact) mass is 366 g/mol. The van der Waals surface area contributed by atoms with Crippen molar-refractivity contribution in [1.29, 1.82) is 0 Å². The number of nitrogens with zero attached hydrogens (tertiary/aromatic N) is 4. The standard InChI is InChI=1S/C20H22N4O3/c1-2-15(27-16-3-6-26-12-16)9-17-14(1)11-21-20(17)18-10-19(23-13-22-18)24-4-7-25-8-5-24/h1-2,9-10,13,16H,3-8,11-12H2/t16-/m0/s1. The number of morpholine rings is 1. The Morgan fingerprint density at radius 3 is 2.81 bits per heavy atom. The summed E-state index contributed by atoms with van der Waals surface area (Å²) in [4.78, 5) is 15.9. The Kier molecular flexibility index (Phi) is 4.47. The topological polar surface area (TPSA) is 69.1 Å². The normalized spacial score (nSPS) is 21.9. The predicted octanol–water partition coefficient (Wildman–Crippen LogP) is 1.83. The molecule has 3 aliphatic heterocycles. The quantitative estimate of drug-likeness (QED) is 0.822. The molecule has 3 aliphatic rings. The molecule has 0 unspecified atom stereocenters. The number of hydrogen-bond donors (Lipinski definition) is 0. The van der Waals surface area contributed by atoms with E-state index in [0.717, 1.165) is 67.9 Å². The summed E-state index contributed by atoms with van der Waals surface area (Å²) in [5, 5.41) is 0. The minimum absolute atomic E-state index is 0.136. The van der Waals surface area contributed by atoms with Crippen LogP contribution in [0.2, 0.25) is 0 Å². The summed E-state index contributed by atoms with van der Waals surface area (Å²) < 4.78 is 16.9. The summed E-state index contributed by atoms with van der Waals surface area (Å²) in [5.74, 6) is 1.79. The summed E-state index contributed by atoms with van der Waals surface area (Å²) in [6.07, 6.45) is 2.70. The van der Waals surface area contributed by atoms with Gasteiger partial charge in [0.1, 0.15) is 24.0 Å². The molecular formula is C20H22N4O3. The average molecular weight is 366 g/mol. The van der Waals surface area contributed by atoms with Crippen molar-refractivity contribution < 1.29 is 14.2 Å². The van der Waals surface area contributed by atoms with Crippen molar-refractivity contribution in [3.63, 3.8) is 0 Å². The third kappa shape index (κ3) is 3.40. The van der Waals surface area contributed by atoms with Crippen molar-refractivity contribution in [2.45, 2.75) is 19.1 Å². The first kappa shape index (κ1) is 16.6. The van der Waals surface area contributed by atoms with Crippen molar-refractivity contribution in [3.05, 3.63) is 47.4 Å². The van der Waals surface area contributed by atoms with Crippen LogP contribution < -0.4 is 9.64 Å². The van der Waals surface area contributed by atoms with Crippen LogP contribution in [-0.4, -0.2) is 61.3 Å². The molecule has 0 aliphatic carbocycles. The van der Waals surface area contributed by atoms with E-state index in [-0.39, 0.29) is 6.10 Å². The molecule has 7 heteroatoms. The van der Waals surface area contributed by atoms with E-state index < -0.39 is 0 Å². The number of anilines is 1. The maximum Gasteiger partial charge on any atom is 0.132 e. The third-order valence-electron chi connectivity index (χ3n) is 5.16. The highest BCUT2D eigenvalue weighted by Gasteiger charge is 2.23. The molecule has 5 rings (SSSR count). The first-order valence-electron chi connectivity index (χ1n) is 9.44. The maximum atomic E-state index is 6.07. The van der Waals surface area contributed by atoms with Gasteiger partial charge < -0.3 is 19.1 Å². The fourth-order valence-corrected chi connectivity index (χ4v) is 3.70. The van der Waals surface area contributed by atoms with Crippen molar-refractivity contribution in [1.82, 2.24) is 9.97 Å². The lowest BCUT2D eigenvalue weighted by Crippen LogP contribution is -2.36. The van der Waals surface area contributed by atoms with Gasteiger partial charge in [0.25, 0.3) is 0 Å². The van der Waals surface area contributed by atoms with Gasteiger partial charge in [-0.2, -0.15) is 0 Å². The van der Waals surface area contributed by atoms with E-state index in [4.69, 9.17) is 19.2 Å². The van der Waals surface area contributed by atoms with Gasteiger partial charge in [0.15, 0.2) is 0 Å². The minimum Gasteiger partial charge on any atom is -0.488 e. The Balaban J connectivity index is 1.41. The van der Waals surface area contributed by atoms with Gasteiger partial charge in [-0.05, 0) is 17.7 Å². The molecule has 0 saturated carbocycles. The molecule has 2 saturated heterocycles. The van der Waals surface area contributed by atoms with Crippen LogP contribution in [0.3, 0.4) is 0 Å². The molecule has 140 valence electrons. The largest absolute Gasteiger partial charge is 0.488 e. The first-order chi connectivity index (χ1) is 13.4. The number of rotatable bonds is 4. The van der Waals surface area contributed by atoms with Gasteiger partial charge in [-0.3, -0.25) is 4.99 Å². The molecule has 2 fully saturated rings. The summed E-state index contributed by atoms with van der Waals surface area (Å²) in [7, 11) is 0. The average Bonchev–Trinajstić information content (AvgIpc) is 3.38. The molecule has 1 aromatic carbocycles. The number of benzene rings is 1. The lowest BCUT2D eigenvalue weighted by atomic mass is 10.0. The summed E-state index contributed by atoms with van der Waals surface area (Å²) in [6.45, 7) is 5.26. The Labute approximate surface area is 158 Å². The summed E-state index contributed by atoms with van der Waals surface area (Å²) >= 11 is 0. The van der Waals surface area contributed by atoms with E-state index in [9.17, 15) is 0 Å². The molecule has 1 atom stereocenters. The summed E-state index contributed by atoms with van der Waals surface area (Å²) in [6, 6.07) is 8.23. The molecule has 27 heavy (non-hydrogen) atoms. The van der Waals surface area contributed by atoms with Crippen LogP contribution in [0, 0.1) is 0 Å². The number of fused-ring (bicyclic) bond motifs is 1. The second-order valence-electron chi connectivity index (χ2n) is 6.95. The highest BCUT2D eigenvalue weighted by molar-refractivity contribution is 6.14. The Morgan fingerprint density at radius 2 is 1.96 bits per heavy atom. The highest BCUT2D eigenvalue weighted by Crippen LogP contribution is 2.28. The van der Waals surface area contributed by atoms with Gasteiger partial charge in [-0.25, -0.2) is 9.97 Å². The van der Waals surface area contributed by atoms with E-state index in [1.54, 1.807) is 6.33 Å². The molecule has 0 spiro atoms. The SMILES string of the molecule is c1nc(C2=NCc3ccc(O[C@H]4CCOC4)cc32)cc(N2CCOCC2)n1. The van der Waals surface area contributed by atoms with Crippen LogP contribution in [0.25, 0.3) is 0 Å². The lowest BCUT2D eigenvalue weighted by molar-refractivity contribution is 0.122. The molecule has 7 nitrogen and oxygen atoms in total. The lowest BCUT2D eigenvalue weighted by Gasteiger charge is -2.27. The van der Waals surface area contributed by atoms with Crippen LogP contribution >= 0.6 is 0 Å². The van der Waals surface area contributed by atoms with Crippen molar-refractivity contribution >= 4 is 11.5 Å². The van der Waals surface area contributed by atoms with Crippen LogP contribution in [0.15, 0.2) is 35.6 Å². The fraction of sp³-hybridized carbons (Fsp3) is 0.450. The van der Waals surface area contributed by atoms with E-state index in [1.807, 2.05) is 12.1 Å². The van der Waals surface area contributed by atoms with E-state index in [1.165, 1.54) is 5.56 Å². The van der Waals surface area contributed by atoms with Gasteiger partial charge >= 0.3 is 0 Å². The second kappa shape index (κ2) is 7.25. The molecule has 0 amide bonds. The van der Waals surface area contributed by atoms with E-state index >= 15 is 0 Å². The van der Waals surface area contributed by atoms with E-state index in [2.05, 4.69) is 27.0 Å². The molecule has 0 radical (unpaired) electrons. The number of aliphatic imine (C=N–C) groups is 1. The van der Waals surface area contributed by atoms with Gasteiger partial charge in [-0.1, -0.05) is 6.07 Å². The van der Waals surface area contributed by atoms with Crippen LogP contribution in [0.4, 0.5) is 5.82 Å². The molecule has 2 aromatic rings. The maximum absolute atomic E-state index is 6.07. The first-order valence-corrected chi connectivity index (χ1v) is 9.44. The Morgan fingerprint density at radius 1 is 1.04 bits per heavy atom. The smallest absolute Gasteiger partial charge is 0.132 e. The van der Waals surface area contributed by atoms with E-state index in [0.29, 0.717) is 13.2 Å². The van der Waals surface area contributed by atoms with Gasteiger partial charge in [0.2, 0.25) is 0 Å². The zero-order chi connectivity index (χ0) is 18.1. The third-order valence-corrected chi connectivity index (χ3v) is 5.16. The Bertz CT molecular complexity index is 858. The minimum atomic E-state index is 0.136. The molecule has 0 bridgehead atoms. The molecule has 4 heterocycles. The van der Waals surface area contributed by atoms with Crippen LogP contribution in [0.5, 0.6) is 5.75 Å². The number of ether oxygens (including phenoxy) is 3. The molecule has 1 aromatic heterocycles. The Hall–Kier alpha value is -2.51. The number of hydrogen-bond acceptors (Lipinski definition) is 7. The van der Waals surface area contributed by atoms with Crippen molar-refractivity contribution in [2.75, 3.05) is 44.4 Å². The van der Waals surface area contributed by atoms with Gasteiger partial charge in [0, 0.05) is 31.1 Å². The number of aromatic nitrogens is 2. The van der Waals surface area contributed by atoms with Crippen LogP contribution in [-0.2, 0) is 16.0 Å². The fourth-order valence-electron chi connectivity index (χ4n) is 3.70. The van der Waals surface area contributed by atoms with Gasteiger partial charge in [0.05, 0.1) is 44.4 Å². The van der Waals surface area contributed by atoms with Crippen molar-refractivity contribution in [2.24, 2.45) is 4.99 Å². The van der Waals surface area contributed by atoms with Crippen molar-refractivity contribution in [3.8, 4) is 5.75 Å². The highest BCUT2D eigenvalue weighted by atomic mass is 16.5. The van der Waals surface area contributed by atoms with Gasteiger partial charge in [-0.15, -0.1) is 0 Å². The predicted molar refractivity (Wildman–Crippen MR) is 101 cm³/mol. The summed E-state index contributed by atoms with van der Waals surface area (Å²) in [5.41, 5.74) is 4.06. The zero-order valence-electron chi connectivity index (χ0n) is 15.1.